The summed E-state index contributed by atoms with van der Waals surface area (Å²) in [5.74, 6) is 0.517. The third-order valence-corrected chi connectivity index (χ3v) is 5.98. The second-order valence-electron chi connectivity index (χ2n) is 8.42. The number of aldehydes is 1. The molecule has 0 amide bonds. The van der Waals surface area contributed by atoms with Gasteiger partial charge in [-0.05, 0) is 38.5 Å². The van der Waals surface area contributed by atoms with Gasteiger partial charge in [0.2, 0.25) is 0 Å². The van der Waals surface area contributed by atoms with E-state index in [-0.39, 0.29) is 5.75 Å². The summed E-state index contributed by atoms with van der Waals surface area (Å²) in [6.07, 6.45) is 13.2. The Balaban J connectivity index is 3.49. The lowest BCUT2D eigenvalue weighted by molar-refractivity contribution is -0.113. The highest BCUT2D eigenvalue weighted by Gasteiger charge is 2.38. The Labute approximate surface area is 177 Å². The van der Waals surface area contributed by atoms with Crippen LogP contribution >= 0.6 is 0 Å². The van der Waals surface area contributed by atoms with Gasteiger partial charge in [-0.3, -0.25) is 0 Å². The van der Waals surface area contributed by atoms with E-state index in [1.54, 1.807) is 0 Å². The van der Waals surface area contributed by atoms with Crippen molar-refractivity contribution in [3.05, 3.63) is 27.3 Å². The quantitative estimate of drug-likeness (QED) is 0.247. The van der Waals surface area contributed by atoms with Crippen LogP contribution in [-0.4, -0.2) is 11.4 Å². The molecule has 0 aliphatic carbocycles. The monoisotopic (exact) mass is 406 g/mol. The molecule has 1 aromatic heterocycles. The van der Waals surface area contributed by atoms with Gasteiger partial charge in [-0.15, -0.1) is 0 Å². The number of hydrogen-bond donors (Lipinski definition) is 1. The summed E-state index contributed by atoms with van der Waals surface area (Å²) in [6.45, 7) is 8.43. The van der Waals surface area contributed by atoms with Gasteiger partial charge in [0.05, 0.1) is 11.0 Å². The average Bonchev–Trinajstić information content (AvgIpc) is 2.72. The molecule has 0 saturated heterocycles. The normalized spacial score (nSPS) is 13.4. The van der Waals surface area contributed by atoms with Crippen molar-refractivity contribution in [2.24, 2.45) is 0 Å². The predicted octanol–water partition coefficient (Wildman–Crippen LogP) is 6.63. The molecule has 1 unspecified atom stereocenters. The van der Waals surface area contributed by atoms with E-state index < -0.39 is 11.0 Å². The highest BCUT2D eigenvalue weighted by molar-refractivity contribution is 5.69. The molecule has 0 saturated carbocycles. The summed E-state index contributed by atoms with van der Waals surface area (Å²) in [4.78, 5) is 25.2. The Bertz CT molecular complexity index is 662. The summed E-state index contributed by atoms with van der Waals surface area (Å²) >= 11 is 0. The minimum absolute atomic E-state index is 0.0782. The summed E-state index contributed by atoms with van der Waals surface area (Å²) in [5, 5.41) is 11.0. The predicted molar refractivity (Wildman–Crippen MR) is 120 cm³/mol. The molecule has 1 N–H and O–H groups in total. The first-order chi connectivity index (χ1) is 14.0. The molecule has 0 fully saturated rings. The van der Waals surface area contributed by atoms with Crippen LogP contribution in [0.1, 0.15) is 122 Å². The zero-order valence-corrected chi connectivity index (χ0v) is 19.1. The largest absolute Gasteiger partial charge is 0.507 e. The molecule has 29 heavy (non-hydrogen) atoms. The molecule has 4 nitrogen and oxygen atoms in total. The van der Waals surface area contributed by atoms with Crippen molar-refractivity contribution >= 4 is 6.29 Å². The van der Waals surface area contributed by atoms with Crippen LogP contribution in [-0.2, 0) is 23.1 Å². The minimum Gasteiger partial charge on any atom is -0.507 e. The number of unbranched alkanes of at least 4 members (excludes halogenated alkanes) is 6. The third kappa shape index (κ3) is 7.01. The van der Waals surface area contributed by atoms with Gasteiger partial charge in [-0.25, -0.2) is 4.79 Å². The van der Waals surface area contributed by atoms with Crippen LogP contribution in [0.5, 0.6) is 5.75 Å². The fourth-order valence-electron chi connectivity index (χ4n) is 4.05. The van der Waals surface area contributed by atoms with Gasteiger partial charge in [-0.1, -0.05) is 79.1 Å². The molecule has 0 bridgehead atoms. The fraction of sp³-hybridized carbons (Fsp3) is 0.760. The van der Waals surface area contributed by atoms with Crippen molar-refractivity contribution in [3.63, 3.8) is 0 Å². The van der Waals surface area contributed by atoms with Crippen molar-refractivity contribution in [1.29, 1.82) is 0 Å². The zero-order chi connectivity index (χ0) is 21.7. The number of aromatic hydroxyl groups is 1. The molecule has 4 heteroatoms. The first-order valence-corrected chi connectivity index (χ1v) is 11.9. The Kier molecular flexibility index (Phi) is 11.9. The van der Waals surface area contributed by atoms with E-state index in [1.807, 2.05) is 0 Å². The van der Waals surface area contributed by atoms with Crippen LogP contribution in [0.2, 0.25) is 0 Å². The van der Waals surface area contributed by atoms with Gasteiger partial charge in [0.15, 0.2) is 0 Å². The van der Waals surface area contributed by atoms with E-state index in [0.717, 1.165) is 70.5 Å². The molecule has 166 valence electrons. The maximum atomic E-state index is 12.8. The second-order valence-corrected chi connectivity index (χ2v) is 8.42. The number of carbonyl (C=O) groups excluding carboxylic acids is 1. The van der Waals surface area contributed by atoms with Crippen LogP contribution in [0.3, 0.4) is 0 Å². The first kappa shape index (κ1) is 25.5. The summed E-state index contributed by atoms with van der Waals surface area (Å²) < 4.78 is 5.88. The third-order valence-electron chi connectivity index (χ3n) is 5.98. The molecule has 0 spiro atoms. The minimum atomic E-state index is -0.813. The van der Waals surface area contributed by atoms with Crippen molar-refractivity contribution in [3.8, 4) is 5.75 Å². The van der Waals surface area contributed by atoms with Crippen LogP contribution in [0, 0.1) is 0 Å². The summed E-state index contributed by atoms with van der Waals surface area (Å²) in [7, 11) is 0. The number of rotatable bonds is 16. The van der Waals surface area contributed by atoms with Crippen LogP contribution < -0.4 is 5.63 Å². The maximum absolute atomic E-state index is 12.8. The molecule has 0 aromatic carbocycles. The SMILES string of the molecule is CCCCCCC(C=O)(CCCC)c1oc(=O)c(CCCC)c(O)c1CCCC. The highest BCUT2D eigenvalue weighted by atomic mass is 16.4. The smallest absolute Gasteiger partial charge is 0.342 e. The van der Waals surface area contributed by atoms with E-state index in [0.29, 0.717) is 42.6 Å². The lowest BCUT2D eigenvalue weighted by Crippen LogP contribution is -2.32. The van der Waals surface area contributed by atoms with Crippen LogP contribution in [0.25, 0.3) is 0 Å². The van der Waals surface area contributed by atoms with E-state index in [9.17, 15) is 14.7 Å². The fourth-order valence-corrected chi connectivity index (χ4v) is 4.05. The Hall–Kier alpha value is -1.58. The topological polar surface area (TPSA) is 67.5 Å². The van der Waals surface area contributed by atoms with E-state index in [2.05, 4.69) is 27.7 Å². The standard InChI is InChI=1S/C25H42O4/c1-5-9-13-14-18-25(19-26,17-12-8-4)23-20(15-10-6-2)22(27)21(16-11-7-3)24(28)29-23/h19,27H,5-18H2,1-4H3. The Morgan fingerprint density at radius 2 is 1.34 bits per heavy atom. The van der Waals surface area contributed by atoms with Gasteiger partial charge in [0.1, 0.15) is 17.8 Å². The molecule has 0 aliphatic rings. The highest BCUT2D eigenvalue weighted by Crippen LogP contribution is 2.39. The van der Waals surface area contributed by atoms with Gasteiger partial charge in [0.25, 0.3) is 0 Å². The molecule has 1 aromatic rings. The lowest BCUT2D eigenvalue weighted by Gasteiger charge is -2.29. The molecule has 0 aliphatic heterocycles. The Morgan fingerprint density at radius 1 is 0.793 bits per heavy atom. The van der Waals surface area contributed by atoms with Crippen molar-refractivity contribution in [2.45, 2.75) is 123 Å². The van der Waals surface area contributed by atoms with Gasteiger partial charge in [-0.2, -0.15) is 0 Å². The summed E-state index contributed by atoms with van der Waals surface area (Å²) in [6, 6.07) is 0. The van der Waals surface area contributed by atoms with E-state index in [1.165, 1.54) is 0 Å². The number of carbonyl (C=O) groups is 1. The summed E-state index contributed by atoms with van der Waals surface area (Å²) in [5.41, 5.74) is -0.214. The molecule has 1 heterocycles. The zero-order valence-electron chi connectivity index (χ0n) is 19.1. The molecule has 1 atom stereocenters. The van der Waals surface area contributed by atoms with Gasteiger partial charge in [0, 0.05) is 5.56 Å². The molecular formula is C25H42O4. The van der Waals surface area contributed by atoms with Gasteiger partial charge < -0.3 is 14.3 Å². The molecule has 0 radical (unpaired) electrons. The second kappa shape index (κ2) is 13.6. The maximum Gasteiger partial charge on any atom is 0.342 e. The number of hydrogen-bond acceptors (Lipinski definition) is 4. The average molecular weight is 407 g/mol. The lowest BCUT2D eigenvalue weighted by atomic mass is 9.74. The van der Waals surface area contributed by atoms with Crippen LogP contribution in [0.15, 0.2) is 9.21 Å². The van der Waals surface area contributed by atoms with E-state index >= 15 is 0 Å². The first-order valence-electron chi connectivity index (χ1n) is 11.9. The van der Waals surface area contributed by atoms with Crippen molar-refractivity contribution < 1.29 is 14.3 Å². The molecular weight excluding hydrogens is 364 g/mol. The Morgan fingerprint density at radius 3 is 1.90 bits per heavy atom. The van der Waals surface area contributed by atoms with E-state index in [4.69, 9.17) is 4.42 Å². The van der Waals surface area contributed by atoms with Crippen molar-refractivity contribution in [2.75, 3.05) is 0 Å². The van der Waals surface area contributed by atoms with Crippen LogP contribution in [0.4, 0.5) is 0 Å². The molecule has 1 rings (SSSR count). The van der Waals surface area contributed by atoms with Gasteiger partial charge >= 0.3 is 5.63 Å². The van der Waals surface area contributed by atoms with Crippen molar-refractivity contribution in [1.82, 2.24) is 0 Å².